The van der Waals surface area contributed by atoms with Gasteiger partial charge in [-0.15, -0.1) is 0 Å². The first-order valence-electron chi connectivity index (χ1n) is 6.02. The Balaban J connectivity index is 1.97. The van der Waals surface area contributed by atoms with E-state index in [0.717, 1.165) is 18.9 Å². The molecule has 0 spiro atoms. The molecule has 0 aliphatic carbocycles. The Kier molecular flexibility index (Phi) is 4.18. The van der Waals surface area contributed by atoms with Gasteiger partial charge in [0, 0.05) is 20.1 Å². The molecule has 94 valence electrons. The molecule has 0 saturated carbocycles. The Bertz CT molecular complexity index is 371. The van der Waals surface area contributed by atoms with E-state index in [9.17, 15) is 0 Å². The lowest BCUT2D eigenvalue weighted by Crippen LogP contribution is -2.38. The second-order valence-electron chi connectivity index (χ2n) is 4.85. The summed E-state index contributed by atoms with van der Waals surface area (Å²) in [4.78, 5) is 12.7. The minimum atomic E-state index is 0.624. The normalized spacial score (nSPS) is 21.5. The highest BCUT2D eigenvalue weighted by atomic mass is 35.5. The molecule has 0 amide bonds. The van der Waals surface area contributed by atoms with Crippen molar-refractivity contribution in [2.45, 2.75) is 12.8 Å². The fraction of sp³-hybridized carbons (Fsp3) is 0.667. The van der Waals surface area contributed by atoms with Gasteiger partial charge in [0.05, 0.1) is 6.20 Å². The molecule has 0 aromatic carbocycles. The quantitative estimate of drug-likeness (QED) is 0.825. The van der Waals surface area contributed by atoms with E-state index >= 15 is 0 Å². The van der Waals surface area contributed by atoms with E-state index in [1.807, 2.05) is 7.05 Å². The molecular formula is C12H19ClN4. The van der Waals surface area contributed by atoms with E-state index < -0.39 is 0 Å². The summed E-state index contributed by atoms with van der Waals surface area (Å²) in [5, 5.41) is 0.624. The molecule has 2 heterocycles. The number of likely N-dealkylation sites (tertiary alicyclic amines) is 1. The lowest BCUT2D eigenvalue weighted by Gasteiger charge is -2.32. The van der Waals surface area contributed by atoms with Crippen LogP contribution in [0.2, 0.25) is 5.02 Å². The third-order valence-electron chi connectivity index (χ3n) is 3.26. The van der Waals surface area contributed by atoms with E-state index in [4.69, 9.17) is 11.6 Å². The van der Waals surface area contributed by atoms with E-state index in [1.54, 1.807) is 12.5 Å². The van der Waals surface area contributed by atoms with Gasteiger partial charge in [-0.1, -0.05) is 11.6 Å². The second kappa shape index (κ2) is 5.65. The van der Waals surface area contributed by atoms with E-state index in [-0.39, 0.29) is 0 Å². The van der Waals surface area contributed by atoms with Crippen LogP contribution in [0.15, 0.2) is 12.5 Å². The molecular weight excluding hydrogens is 236 g/mol. The number of hydrogen-bond donors (Lipinski definition) is 0. The van der Waals surface area contributed by atoms with Crippen molar-refractivity contribution in [3.63, 3.8) is 0 Å². The van der Waals surface area contributed by atoms with Crippen molar-refractivity contribution < 1.29 is 0 Å². The summed E-state index contributed by atoms with van der Waals surface area (Å²) in [6.07, 6.45) is 5.77. The van der Waals surface area contributed by atoms with Crippen LogP contribution >= 0.6 is 11.6 Å². The van der Waals surface area contributed by atoms with Gasteiger partial charge in [0.2, 0.25) is 0 Å². The molecule has 1 aromatic rings. The zero-order chi connectivity index (χ0) is 12.3. The number of anilines is 1. The molecule has 1 unspecified atom stereocenters. The minimum Gasteiger partial charge on any atom is -0.358 e. The van der Waals surface area contributed by atoms with Gasteiger partial charge in [-0.2, -0.15) is 0 Å². The van der Waals surface area contributed by atoms with Gasteiger partial charge in [0.15, 0.2) is 5.82 Å². The first-order valence-corrected chi connectivity index (χ1v) is 6.40. The summed E-state index contributed by atoms with van der Waals surface area (Å²) < 4.78 is 0. The van der Waals surface area contributed by atoms with Crippen LogP contribution in [0.25, 0.3) is 0 Å². The van der Waals surface area contributed by atoms with E-state index in [0.29, 0.717) is 10.9 Å². The molecule has 1 aliphatic rings. The average molecular weight is 255 g/mol. The Hall–Kier alpha value is -0.870. The van der Waals surface area contributed by atoms with Crippen LogP contribution in [0.1, 0.15) is 12.8 Å². The highest BCUT2D eigenvalue weighted by molar-refractivity contribution is 6.32. The maximum Gasteiger partial charge on any atom is 0.150 e. The van der Waals surface area contributed by atoms with Crippen molar-refractivity contribution in [3.8, 4) is 0 Å². The lowest BCUT2D eigenvalue weighted by molar-refractivity contribution is 0.213. The Morgan fingerprint density at radius 2 is 2.41 bits per heavy atom. The zero-order valence-electron chi connectivity index (χ0n) is 10.4. The zero-order valence-corrected chi connectivity index (χ0v) is 11.2. The standard InChI is InChI=1S/C12H19ClN4/c1-16-5-3-4-10(7-16)8-17(2)12-11(13)6-14-9-15-12/h6,9-10H,3-5,7-8H2,1-2H3. The summed E-state index contributed by atoms with van der Waals surface area (Å²) in [7, 11) is 4.23. The van der Waals surface area contributed by atoms with Crippen LogP contribution in [0.4, 0.5) is 5.82 Å². The molecule has 1 saturated heterocycles. The van der Waals surface area contributed by atoms with Gasteiger partial charge in [-0.25, -0.2) is 9.97 Å². The van der Waals surface area contributed by atoms with Crippen LogP contribution in [0.3, 0.4) is 0 Å². The number of rotatable bonds is 3. The fourth-order valence-corrected chi connectivity index (χ4v) is 2.73. The van der Waals surface area contributed by atoms with Crippen LogP contribution in [0.5, 0.6) is 0 Å². The maximum atomic E-state index is 6.09. The lowest BCUT2D eigenvalue weighted by atomic mass is 9.98. The van der Waals surface area contributed by atoms with Gasteiger partial charge >= 0.3 is 0 Å². The number of piperidine rings is 1. The van der Waals surface area contributed by atoms with Crippen LogP contribution in [-0.2, 0) is 0 Å². The van der Waals surface area contributed by atoms with Gasteiger partial charge in [-0.3, -0.25) is 0 Å². The number of nitrogens with zero attached hydrogens (tertiary/aromatic N) is 4. The summed E-state index contributed by atoms with van der Waals surface area (Å²) >= 11 is 6.09. The van der Waals surface area contributed by atoms with Crippen molar-refractivity contribution >= 4 is 17.4 Å². The Labute approximate surface area is 108 Å². The van der Waals surface area contributed by atoms with E-state index in [2.05, 4.69) is 26.8 Å². The van der Waals surface area contributed by atoms with Gasteiger partial charge in [-0.05, 0) is 32.4 Å². The molecule has 5 heteroatoms. The number of aromatic nitrogens is 2. The van der Waals surface area contributed by atoms with Crippen molar-refractivity contribution in [2.24, 2.45) is 5.92 Å². The summed E-state index contributed by atoms with van der Waals surface area (Å²) in [5.41, 5.74) is 0. The molecule has 1 atom stereocenters. The predicted molar refractivity (Wildman–Crippen MR) is 70.5 cm³/mol. The van der Waals surface area contributed by atoms with Crippen molar-refractivity contribution in [1.29, 1.82) is 0 Å². The first kappa shape index (κ1) is 12.6. The SMILES string of the molecule is CN1CCCC(CN(C)c2ncncc2Cl)C1. The molecule has 4 nitrogen and oxygen atoms in total. The molecule has 17 heavy (non-hydrogen) atoms. The summed E-state index contributed by atoms with van der Waals surface area (Å²) in [6, 6.07) is 0. The number of hydrogen-bond acceptors (Lipinski definition) is 4. The molecule has 1 fully saturated rings. The molecule has 0 radical (unpaired) electrons. The number of halogens is 1. The fourth-order valence-electron chi connectivity index (χ4n) is 2.48. The van der Waals surface area contributed by atoms with Crippen molar-refractivity contribution in [2.75, 3.05) is 38.6 Å². The monoisotopic (exact) mass is 254 g/mol. The van der Waals surface area contributed by atoms with Crippen molar-refractivity contribution in [3.05, 3.63) is 17.5 Å². The topological polar surface area (TPSA) is 32.3 Å². The van der Waals surface area contributed by atoms with Gasteiger partial charge in [0.1, 0.15) is 11.3 Å². The third-order valence-corrected chi connectivity index (χ3v) is 3.53. The average Bonchev–Trinajstić information content (AvgIpc) is 2.29. The second-order valence-corrected chi connectivity index (χ2v) is 5.25. The largest absolute Gasteiger partial charge is 0.358 e. The molecule has 1 aromatic heterocycles. The smallest absolute Gasteiger partial charge is 0.150 e. The molecule has 1 aliphatic heterocycles. The van der Waals surface area contributed by atoms with Gasteiger partial charge in [0.25, 0.3) is 0 Å². The molecule has 0 bridgehead atoms. The maximum absolute atomic E-state index is 6.09. The van der Waals surface area contributed by atoms with Crippen LogP contribution in [0, 0.1) is 5.92 Å². The van der Waals surface area contributed by atoms with Crippen LogP contribution in [-0.4, -0.2) is 48.6 Å². The third kappa shape index (κ3) is 3.30. The highest BCUT2D eigenvalue weighted by Crippen LogP contribution is 2.23. The Morgan fingerprint density at radius 1 is 1.59 bits per heavy atom. The molecule has 0 N–H and O–H groups in total. The Morgan fingerprint density at radius 3 is 3.12 bits per heavy atom. The summed E-state index contributed by atoms with van der Waals surface area (Å²) in [6.45, 7) is 3.38. The van der Waals surface area contributed by atoms with E-state index in [1.165, 1.54) is 19.4 Å². The predicted octanol–water partition coefficient (Wildman–Crippen LogP) is 1.91. The van der Waals surface area contributed by atoms with Crippen molar-refractivity contribution in [1.82, 2.24) is 14.9 Å². The minimum absolute atomic E-state index is 0.624. The summed E-state index contributed by atoms with van der Waals surface area (Å²) in [5.74, 6) is 1.53. The first-order chi connectivity index (χ1) is 8.16. The van der Waals surface area contributed by atoms with Gasteiger partial charge < -0.3 is 9.80 Å². The highest BCUT2D eigenvalue weighted by Gasteiger charge is 2.19. The van der Waals surface area contributed by atoms with Crippen LogP contribution < -0.4 is 4.90 Å². The molecule has 2 rings (SSSR count).